The Morgan fingerprint density at radius 1 is 1.27 bits per heavy atom. The first-order valence-electron chi connectivity index (χ1n) is 7.79. The van der Waals surface area contributed by atoms with Crippen molar-refractivity contribution in [2.45, 2.75) is 25.8 Å². The SMILES string of the molecule is Cc1ccc2[nH]c3c(c2c1)CC[C@H]1C3=NN[C@@H]1c1ccco1. The number of aromatic nitrogens is 1. The first-order chi connectivity index (χ1) is 10.8. The minimum atomic E-state index is 0.159. The van der Waals surface area contributed by atoms with Gasteiger partial charge >= 0.3 is 0 Å². The predicted octanol–water partition coefficient (Wildman–Crippen LogP) is 3.68. The molecule has 22 heavy (non-hydrogen) atoms. The Balaban J connectivity index is 1.62. The van der Waals surface area contributed by atoms with Crippen molar-refractivity contribution in [3.8, 4) is 0 Å². The molecule has 2 N–H and O–H groups in total. The zero-order valence-electron chi connectivity index (χ0n) is 12.4. The van der Waals surface area contributed by atoms with Gasteiger partial charge in [0.1, 0.15) is 11.8 Å². The second kappa shape index (κ2) is 4.26. The van der Waals surface area contributed by atoms with Gasteiger partial charge in [0.15, 0.2) is 0 Å². The fourth-order valence-corrected chi connectivity index (χ4v) is 3.88. The minimum absolute atomic E-state index is 0.159. The standard InChI is InChI=1S/C18H17N3O/c1-10-4-7-14-13(9-10)11-5-6-12-16(15-3-2-8-22-15)20-21-18(12)17(11)19-14/h2-4,7-9,12,16,19-20H,5-6H2,1H3/t12-,16+/m1/s1. The zero-order chi connectivity index (χ0) is 14.7. The van der Waals surface area contributed by atoms with E-state index in [-0.39, 0.29) is 6.04 Å². The molecule has 0 fully saturated rings. The molecule has 5 rings (SSSR count). The molecular formula is C18H17N3O. The van der Waals surface area contributed by atoms with Crippen molar-refractivity contribution in [1.82, 2.24) is 10.4 Å². The highest BCUT2D eigenvalue weighted by atomic mass is 16.3. The number of hydrazone groups is 1. The maximum atomic E-state index is 5.58. The first kappa shape index (κ1) is 12.1. The number of fused-ring (bicyclic) bond motifs is 5. The number of H-pyrrole nitrogens is 1. The van der Waals surface area contributed by atoms with E-state index in [1.54, 1.807) is 6.26 Å². The van der Waals surface area contributed by atoms with E-state index in [2.05, 4.69) is 40.6 Å². The van der Waals surface area contributed by atoms with Crippen molar-refractivity contribution >= 4 is 16.6 Å². The molecule has 2 atom stereocenters. The van der Waals surface area contributed by atoms with Crippen molar-refractivity contribution in [2.24, 2.45) is 11.0 Å². The van der Waals surface area contributed by atoms with E-state index in [0.29, 0.717) is 5.92 Å². The monoisotopic (exact) mass is 291 g/mol. The van der Waals surface area contributed by atoms with Crippen LogP contribution >= 0.6 is 0 Å². The number of aromatic amines is 1. The summed E-state index contributed by atoms with van der Waals surface area (Å²) >= 11 is 0. The molecule has 3 heterocycles. The molecule has 4 nitrogen and oxygen atoms in total. The predicted molar refractivity (Wildman–Crippen MR) is 86.0 cm³/mol. The molecule has 0 amide bonds. The molecule has 3 aromatic rings. The quantitative estimate of drug-likeness (QED) is 0.718. The topological polar surface area (TPSA) is 53.3 Å². The van der Waals surface area contributed by atoms with Crippen molar-refractivity contribution in [2.75, 3.05) is 0 Å². The maximum Gasteiger partial charge on any atom is 0.128 e. The molecule has 0 bridgehead atoms. The highest BCUT2D eigenvalue weighted by Crippen LogP contribution is 2.40. The third kappa shape index (κ3) is 1.55. The Kier molecular flexibility index (Phi) is 2.34. The molecule has 2 aliphatic rings. The fraction of sp³-hybridized carbons (Fsp3) is 0.278. The zero-order valence-corrected chi connectivity index (χ0v) is 12.4. The smallest absolute Gasteiger partial charge is 0.128 e. The Morgan fingerprint density at radius 2 is 2.23 bits per heavy atom. The van der Waals surface area contributed by atoms with Crippen LogP contribution in [-0.2, 0) is 6.42 Å². The van der Waals surface area contributed by atoms with Gasteiger partial charge in [-0.05, 0) is 49.6 Å². The molecule has 0 saturated carbocycles. The van der Waals surface area contributed by atoms with Gasteiger partial charge in [0, 0.05) is 16.8 Å². The van der Waals surface area contributed by atoms with Gasteiger partial charge in [-0.1, -0.05) is 11.6 Å². The number of furan rings is 1. The van der Waals surface area contributed by atoms with Crippen LogP contribution in [0.15, 0.2) is 46.1 Å². The average Bonchev–Trinajstić information content (AvgIpc) is 3.23. The summed E-state index contributed by atoms with van der Waals surface area (Å²) in [5, 5.41) is 5.97. The third-order valence-corrected chi connectivity index (χ3v) is 4.95. The lowest BCUT2D eigenvalue weighted by atomic mass is 9.81. The van der Waals surface area contributed by atoms with Crippen LogP contribution in [0.1, 0.15) is 35.0 Å². The molecule has 0 saturated heterocycles. The van der Waals surface area contributed by atoms with Gasteiger partial charge in [0.25, 0.3) is 0 Å². The highest BCUT2D eigenvalue weighted by molar-refractivity contribution is 6.08. The molecule has 110 valence electrons. The summed E-state index contributed by atoms with van der Waals surface area (Å²) < 4.78 is 5.58. The third-order valence-electron chi connectivity index (χ3n) is 4.95. The molecule has 1 aromatic carbocycles. The van der Waals surface area contributed by atoms with Crippen molar-refractivity contribution in [3.63, 3.8) is 0 Å². The van der Waals surface area contributed by atoms with Crippen molar-refractivity contribution in [3.05, 3.63) is 59.2 Å². The van der Waals surface area contributed by atoms with Gasteiger partial charge in [-0.25, -0.2) is 0 Å². The van der Waals surface area contributed by atoms with E-state index in [1.165, 1.54) is 27.7 Å². The number of hydrogen-bond donors (Lipinski definition) is 2. The van der Waals surface area contributed by atoms with Gasteiger partial charge in [0.2, 0.25) is 0 Å². The van der Waals surface area contributed by atoms with Crippen LogP contribution in [0, 0.1) is 12.8 Å². The molecule has 0 radical (unpaired) electrons. The number of rotatable bonds is 1. The normalized spacial score (nSPS) is 23.0. The van der Waals surface area contributed by atoms with Crippen LogP contribution in [0.5, 0.6) is 0 Å². The summed E-state index contributed by atoms with van der Waals surface area (Å²) in [6.07, 6.45) is 3.92. The fourth-order valence-electron chi connectivity index (χ4n) is 3.88. The second-order valence-corrected chi connectivity index (χ2v) is 6.29. The maximum absolute atomic E-state index is 5.58. The minimum Gasteiger partial charge on any atom is -0.467 e. The Labute approximate surface area is 128 Å². The van der Waals surface area contributed by atoms with Crippen LogP contribution in [0.4, 0.5) is 0 Å². The van der Waals surface area contributed by atoms with Crippen LogP contribution in [0.25, 0.3) is 10.9 Å². The van der Waals surface area contributed by atoms with Crippen LogP contribution in [0.2, 0.25) is 0 Å². The number of nitrogens with zero attached hydrogens (tertiary/aromatic N) is 1. The van der Waals surface area contributed by atoms with E-state index in [4.69, 9.17) is 4.42 Å². The Hall–Kier alpha value is -2.49. The molecule has 0 unspecified atom stereocenters. The summed E-state index contributed by atoms with van der Waals surface area (Å²) in [7, 11) is 0. The van der Waals surface area contributed by atoms with E-state index >= 15 is 0 Å². The summed E-state index contributed by atoms with van der Waals surface area (Å²) in [5.74, 6) is 1.35. The van der Waals surface area contributed by atoms with Crippen LogP contribution in [0.3, 0.4) is 0 Å². The lowest BCUT2D eigenvalue weighted by Gasteiger charge is -2.23. The highest BCUT2D eigenvalue weighted by Gasteiger charge is 2.39. The average molecular weight is 291 g/mol. The number of aryl methyl sites for hydroxylation is 2. The largest absolute Gasteiger partial charge is 0.467 e. The molecule has 2 aromatic heterocycles. The lowest BCUT2D eigenvalue weighted by Crippen LogP contribution is -2.26. The number of benzene rings is 1. The summed E-state index contributed by atoms with van der Waals surface area (Å²) in [4.78, 5) is 3.58. The van der Waals surface area contributed by atoms with Gasteiger partial charge < -0.3 is 9.40 Å². The van der Waals surface area contributed by atoms with Gasteiger partial charge in [-0.2, -0.15) is 5.10 Å². The summed E-state index contributed by atoms with van der Waals surface area (Å²) in [6, 6.07) is 10.7. The number of hydrogen-bond acceptors (Lipinski definition) is 3. The molecule has 1 aliphatic carbocycles. The molecule has 1 aliphatic heterocycles. The molecule has 4 heteroatoms. The van der Waals surface area contributed by atoms with Crippen molar-refractivity contribution < 1.29 is 4.42 Å². The van der Waals surface area contributed by atoms with Gasteiger partial charge in [0.05, 0.1) is 17.7 Å². The van der Waals surface area contributed by atoms with Gasteiger partial charge in [-0.15, -0.1) is 0 Å². The van der Waals surface area contributed by atoms with Crippen LogP contribution in [-0.4, -0.2) is 10.7 Å². The number of nitrogens with one attached hydrogen (secondary N) is 2. The van der Waals surface area contributed by atoms with E-state index < -0.39 is 0 Å². The van der Waals surface area contributed by atoms with Gasteiger partial charge in [-0.3, -0.25) is 5.43 Å². The van der Waals surface area contributed by atoms with E-state index in [0.717, 1.165) is 24.3 Å². The second-order valence-electron chi connectivity index (χ2n) is 6.29. The lowest BCUT2D eigenvalue weighted by molar-refractivity contribution is 0.377. The Bertz CT molecular complexity index is 889. The van der Waals surface area contributed by atoms with E-state index in [1.807, 2.05) is 12.1 Å². The summed E-state index contributed by atoms with van der Waals surface area (Å²) in [6.45, 7) is 2.14. The molecule has 0 spiro atoms. The molecular weight excluding hydrogens is 274 g/mol. The first-order valence-corrected chi connectivity index (χ1v) is 7.79. The van der Waals surface area contributed by atoms with Crippen LogP contribution < -0.4 is 5.43 Å². The van der Waals surface area contributed by atoms with Crippen molar-refractivity contribution in [1.29, 1.82) is 0 Å². The summed E-state index contributed by atoms with van der Waals surface area (Å²) in [5.41, 5.74) is 9.55. The van der Waals surface area contributed by atoms with E-state index in [9.17, 15) is 0 Å². The Morgan fingerprint density at radius 3 is 3.09 bits per heavy atom.